The van der Waals surface area contributed by atoms with Gasteiger partial charge >= 0.3 is 0 Å². The van der Waals surface area contributed by atoms with Crippen LogP contribution in [0.4, 0.5) is 0 Å². The molecular formula is C14H28N2O. The SMILES string of the molecule is CCO[C@H]1CC[C@](C)(N2CCC(N)CC2)CC1. The molecule has 1 aliphatic carbocycles. The Labute approximate surface area is 106 Å². The molecule has 0 atom stereocenters. The molecule has 17 heavy (non-hydrogen) atoms. The summed E-state index contributed by atoms with van der Waals surface area (Å²) in [6, 6.07) is 0.439. The van der Waals surface area contributed by atoms with Crippen molar-refractivity contribution in [3.8, 4) is 0 Å². The van der Waals surface area contributed by atoms with Crippen molar-refractivity contribution in [2.24, 2.45) is 5.73 Å². The Morgan fingerprint density at radius 3 is 2.29 bits per heavy atom. The van der Waals surface area contributed by atoms with E-state index < -0.39 is 0 Å². The second-order valence-electron chi connectivity index (χ2n) is 5.98. The molecule has 0 aromatic carbocycles. The van der Waals surface area contributed by atoms with Crippen molar-refractivity contribution in [2.45, 2.75) is 70.1 Å². The Morgan fingerprint density at radius 2 is 1.76 bits per heavy atom. The second kappa shape index (κ2) is 5.68. The third kappa shape index (κ3) is 3.21. The highest BCUT2D eigenvalue weighted by Crippen LogP contribution is 2.35. The van der Waals surface area contributed by atoms with Crippen LogP contribution in [0.2, 0.25) is 0 Å². The summed E-state index contributed by atoms with van der Waals surface area (Å²) in [5.74, 6) is 0. The van der Waals surface area contributed by atoms with Gasteiger partial charge in [0.25, 0.3) is 0 Å². The minimum atomic E-state index is 0.410. The number of hydrogen-bond donors (Lipinski definition) is 1. The monoisotopic (exact) mass is 240 g/mol. The molecule has 3 nitrogen and oxygen atoms in total. The molecule has 3 heteroatoms. The Morgan fingerprint density at radius 1 is 1.18 bits per heavy atom. The van der Waals surface area contributed by atoms with Crippen LogP contribution in [-0.2, 0) is 4.74 Å². The highest BCUT2D eigenvalue weighted by Gasteiger charge is 2.37. The standard InChI is InChI=1S/C14H28N2O/c1-3-17-13-4-8-14(2,9-5-13)16-10-6-12(15)7-11-16/h12-13H,3-11,15H2,1-2H3/t13-,14-. The van der Waals surface area contributed by atoms with Crippen LogP contribution in [0, 0.1) is 0 Å². The van der Waals surface area contributed by atoms with E-state index in [9.17, 15) is 0 Å². The van der Waals surface area contributed by atoms with E-state index in [4.69, 9.17) is 10.5 Å². The molecule has 0 unspecified atom stereocenters. The third-order valence-corrected chi connectivity index (χ3v) is 4.72. The fraction of sp³-hybridized carbons (Fsp3) is 1.00. The summed E-state index contributed by atoms with van der Waals surface area (Å²) in [7, 11) is 0. The third-order valence-electron chi connectivity index (χ3n) is 4.72. The lowest BCUT2D eigenvalue weighted by Gasteiger charge is -2.48. The zero-order valence-corrected chi connectivity index (χ0v) is 11.5. The Kier molecular flexibility index (Phi) is 4.45. The van der Waals surface area contributed by atoms with E-state index in [1.54, 1.807) is 0 Å². The van der Waals surface area contributed by atoms with Crippen molar-refractivity contribution in [1.82, 2.24) is 4.90 Å². The van der Waals surface area contributed by atoms with Crippen LogP contribution >= 0.6 is 0 Å². The summed E-state index contributed by atoms with van der Waals surface area (Å²) < 4.78 is 5.74. The Balaban J connectivity index is 1.84. The lowest BCUT2D eigenvalue weighted by molar-refractivity contribution is -0.0248. The zero-order chi connectivity index (χ0) is 12.3. The fourth-order valence-electron chi connectivity index (χ4n) is 3.37. The molecule has 2 aliphatic rings. The van der Waals surface area contributed by atoms with Gasteiger partial charge in [0.1, 0.15) is 0 Å². The van der Waals surface area contributed by atoms with Crippen molar-refractivity contribution in [2.75, 3.05) is 19.7 Å². The number of nitrogens with zero attached hydrogens (tertiary/aromatic N) is 1. The molecule has 2 N–H and O–H groups in total. The molecule has 1 saturated carbocycles. The van der Waals surface area contributed by atoms with Crippen LogP contribution < -0.4 is 5.73 Å². The van der Waals surface area contributed by atoms with Gasteiger partial charge in [0.05, 0.1) is 6.10 Å². The number of likely N-dealkylation sites (tertiary alicyclic amines) is 1. The van der Waals surface area contributed by atoms with E-state index in [1.165, 1.54) is 51.6 Å². The maximum absolute atomic E-state index is 5.98. The second-order valence-corrected chi connectivity index (χ2v) is 5.98. The molecular weight excluding hydrogens is 212 g/mol. The van der Waals surface area contributed by atoms with Crippen LogP contribution in [0.1, 0.15) is 52.4 Å². The molecule has 0 spiro atoms. The fourth-order valence-corrected chi connectivity index (χ4v) is 3.37. The van der Waals surface area contributed by atoms with Gasteiger partial charge in [-0.25, -0.2) is 0 Å². The van der Waals surface area contributed by atoms with Gasteiger partial charge in [0, 0.05) is 31.3 Å². The van der Waals surface area contributed by atoms with Crippen LogP contribution in [-0.4, -0.2) is 42.3 Å². The van der Waals surface area contributed by atoms with E-state index >= 15 is 0 Å². The lowest BCUT2D eigenvalue weighted by Crippen LogP contribution is -2.54. The van der Waals surface area contributed by atoms with Crippen molar-refractivity contribution in [1.29, 1.82) is 0 Å². The van der Waals surface area contributed by atoms with Gasteiger partial charge in [-0.05, 0) is 52.4 Å². The van der Waals surface area contributed by atoms with E-state index in [1.807, 2.05) is 0 Å². The summed E-state index contributed by atoms with van der Waals surface area (Å²) in [5.41, 5.74) is 6.40. The van der Waals surface area contributed by atoms with Crippen molar-refractivity contribution in [3.63, 3.8) is 0 Å². The average molecular weight is 240 g/mol. The van der Waals surface area contributed by atoms with Gasteiger partial charge in [-0.3, -0.25) is 4.90 Å². The smallest absolute Gasteiger partial charge is 0.0576 e. The normalized spacial score (nSPS) is 37.2. The summed E-state index contributed by atoms with van der Waals surface area (Å²) in [4.78, 5) is 2.68. The topological polar surface area (TPSA) is 38.5 Å². The van der Waals surface area contributed by atoms with Crippen LogP contribution in [0.25, 0.3) is 0 Å². The van der Waals surface area contributed by atoms with Gasteiger partial charge in [0.15, 0.2) is 0 Å². The van der Waals surface area contributed by atoms with E-state index in [-0.39, 0.29) is 0 Å². The van der Waals surface area contributed by atoms with Gasteiger partial charge in [-0.15, -0.1) is 0 Å². The molecule has 0 amide bonds. The first-order valence-corrected chi connectivity index (χ1v) is 7.26. The van der Waals surface area contributed by atoms with Gasteiger partial charge < -0.3 is 10.5 Å². The highest BCUT2D eigenvalue weighted by molar-refractivity contribution is 4.93. The van der Waals surface area contributed by atoms with E-state index in [0.717, 1.165) is 6.61 Å². The van der Waals surface area contributed by atoms with Crippen LogP contribution in [0.5, 0.6) is 0 Å². The largest absolute Gasteiger partial charge is 0.379 e. The predicted octanol–water partition coefficient (Wildman–Crippen LogP) is 2.15. The predicted molar refractivity (Wildman–Crippen MR) is 71.1 cm³/mol. The number of hydrogen-bond acceptors (Lipinski definition) is 3. The van der Waals surface area contributed by atoms with Crippen LogP contribution in [0.15, 0.2) is 0 Å². The maximum atomic E-state index is 5.98. The van der Waals surface area contributed by atoms with Gasteiger partial charge in [-0.1, -0.05) is 0 Å². The summed E-state index contributed by atoms with van der Waals surface area (Å²) >= 11 is 0. The molecule has 0 aromatic rings. The van der Waals surface area contributed by atoms with Crippen LogP contribution in [0.3, 0.4) is 0 Å². The molecule has 100 valence electrons. The number of nitrogens with two attached hydrogens (primary N) is 1. The molecule has 1 aliphatic heterocycles. The summed E-state index contributed by atoms with van der Waals surface area (Å²) in [6.45, 7) is 7.78. The van der Waals surface area contributed by atoms with Crippen molar-refractivity contribution >= 4 is 0 Å². The first-order chi connectivity index (χ1) is 8.14. The minimum absolute atomic E-state index is 0.410. The molecule has 2 rings (SSSR count). The Hall–Kier alpha value is -0.120. The number of ether oxygens (including phenoxy) is 1. The number of piperidine rings is 1. The summed E-state index contributed by atoms with van der Waals surface area (Å²) in [5, 5.41) is 0. The first kappa shape index (κ1) is 13.3. The van der Waals surface area contributed by atoms with E-state index in [0.29, 0.717) is 17.7 Å². The maximum Gasteiger partial charge on any atom is 0.0576 e. The number of rotatable bonds is 3. The molecule has 0 aromatic heterocycles. The average Bonchev–Trinajstić information content (AvgIpc) is 2.33. The Bertz CT molecular complexity index is 228. The molecule has 0 radical (unpaired) electrons. The lowest BCUT2D eigenvalue weighted by atomic mass is 9.79. The summed E-state index contributed by atoms with van der Waals surface area (Å²) in [6.07, 6.45) is 7.88. The highest BCUT2D eigenvalue weighted by atomic mass is 16.5. The van der Waals surface area contributed by atoms with Gasteiger partial charge in [-0.2, -0.15) is 0 Å². The molecule has 2 fully saturated rings. The van der Waals surface area contributed by atoms with Crippen molar-refractivity contribution < 1.29 is 4.74 Å². The van der Waals surface area contributed by atoms with Crippen molar-refractivity contribution in [3.05, 3.63) is 0 Å². The zero-order valence-electron chi connectivity index (χ0n) is 11.5. The quantitative estimate of drug-likeness (QED) is 0.821. The molecule has 1 saturated heterocycles. The molecule has 0 bridgehead atoms. The minimum Gasteiger partial charge on any atom is -0.379 e. The molecule has 1 heterocycles. The first-order valence-electron chi connectivity index (χ1n) is 7.26. The van der Waals surface area contributed by atoms with E-state index in [2.05, 4.69) is 18.7 Å². The van der Waals surface area contributed by atoms with Gasteiger partial charge in [0.2, 0.25) is 0 Å².